The van der Waals surface area contributed by atoms with Gasteiger partial charge in [-0.3, -0.25) is 19.7 Å². The Morgan fingerprint density at radius 2 is 1.65 bits per heavy atom. The third-order valence-corrected chi connectivity index (χ3v) is 4.41. The van der Waals surface area contributed by atoms with E-state index < -0.39 is 10.8 Å². The minimum Gasteiger partial charge on any atom is -0.349 e. The van der Waals surface area contributed by atoms with E-state index in [0.717, 1.165) is 25.7 Å². The SMILES string of the molecule is O=C(Nc1cccc(C(=O)NC2CCCC2)c1)c1ccc([N+](=O)[O-])cc1. The van der Waals surface area contributed by atoms with E-state index in [9.17, 15) is 19.7 Å². The zero-order valence-corrected chi connectivity index (χ0v) is 14.1. The number of nitro groups is 1. The van der Waals surface area contributed by atoms with Crippen molar-refractivity contribution in [1.29, 1.82) is 0 Å². The number of non-ortho nitro benzene ring substituents is 1. The van der Waals surface area contributed by atoms with Crippen LogP contribution in [-0.4, -0.2) is 22.8 Å². The molecule has 0 aromatic heterocycles. The molecule has 0 bridgehead atoms. The minimum atomic E-state index is -0.520. The molecule has 2 aromatic carbocycles. The summed E-state index contributed by atoms with van der Waals surface area (Å²) in [6, 6.07) is 12.3. The number of carbonyl (C=O) groups is 2. The number of rotatable bonds is 5. The molecule has 0 radical (unpaired) electrons. The van der Waals surface area contributed by atoms with Crippen LogP contribution in [0.25, 0.3) is 0 Å². The van der Waals surface area contributed by atoms with Gasteiger partial charge in [0.25, 0.3) is 17.5 Å². The van der Waals surface area contributed by atoms with E-state index in [2.05, 4.69) is 10.6 Å². The quantitative estimate of drug-likeness (QED) is 0.634. The number of anilines is 1. The maximum atomic E-state index is 12.3. The highest BCUT2D eigenvalue weighted by atomic mass is 16.6. The molecule has 0 spiro atoms. The fourth-order valence-corrected chi connectivity index (χ4v) is 3.01. The fourth-order valence-electron chi connectivity index (χ4n) is 3.01. The Morgan fingerprint density at radius 3 is 2.31 bits per heavy atom. The lowest BCUT2D eigenvalue weighted by Crippen LogP contribution is -2.32. The highest BCUT2D eigenvalue weighted by Gasteiger charge is 2.18. The Balaban J connectivity index is 1.66. The second-order valence-electron chi connectivity index (χ2n) is 6.29. The van der Waals surface area contributed by atoms with Crippen molar-refractivity contribution in [3.05, 3.63) is 69.8 Å². The van der Waals surface area contributed by atoms with Gasteiger partial charge in [0, 0.05) is 35.0 Å². The molecule has 0 aliphatic heterocycles. The Labute approximate surface area is 150 Å². The molecule has 1 aliphatic carbocycles. The highest BCUT2D eigenvalue weighted by Crippen LogP contribution is 2.19. The molecule has 2 N–H and O–H groups in total. The third kappa shape index (κ3) is 4.24. The first-order chi connectivity index (χ1) is 12.5. The van der Waals surface area contributed by atoms with Crippen LogP contribution in [0, 0.1) is 10.1 Å². The van der Waals surface area contributed by atoms with Crippen LogP contribution in [-0.2, 0) is 0 Å². The van der Waals surface area contributed by atoms with Crippen molar-refractivity contribution in [2.75, 3.05) is 5.32 Å². The van der Waals surface area contributed by atoms with Crippen LogP contribution >= 0.6 is 0 Å². The molecule has 0 atom stereocenters. The summed E-state index contributed by atoms with van der Waals surface area (Å²) in [6.45, 7) is 0. The summed E-state index contributed by atoms with van der Waals surface area (Å²) in [5, 5.41) is 16.4. The van der Waals surface area contributed by atoms with Crippen molar-refractivity contribution in [3.8, 4) is 0 Å². The number of hydrogen-bond donors (Lipinski definition) is 2. The summed E-state index contributed by atoms with van der Waals surface area (Å²) in [5.41, 5.74) is 1.20. The minimum absolute atomic E-state index is 0.0767. The van der Waals surface area contributed by atoms with Gasteiger partial charge in [-0.1, -0.05) is 18.9 Å². The zero-order chi connectivity index (χ0) is 18.5. The van der Waals surface area contributed by atoms with Gasteiger partial charge in [0.15, 0.2) is 0 Å². The van der Waals surface area contributed by atoms with Crippen LogP contribution in [0.3, 0.4) is 0 Å². The highest BCUT2D eigenvalue weighted by molar-refractivity contribution is 6.05. The van der Waals surface area contributed by atoms with Crippen molar-refractivity contribution >= 4 is 23.2 Å². The first-order valence-corrected chi connectivity index (χ1v) is 8.49. The van der Waals surface area contributed by atoms with Gasteiger partial charge in [-0.25, -0.2) is 0 Å². The Bertz CT molecular complexity index is 827. The van der Waals surface area contributed by atoms with Crippen LogP contribution in [0.5, 0.6) is 0 Å². The molecule has 0 unspecified atom stereocenters. The topological polar surface area (TPSA) is 101 Å². The van der Waals surface area contributed by atoms with Gasteiger partial charge in [-0.15, -0.1) is 0 Å². The number of amides is 2. The summed E-state index contributed by atoms with van der Waals surface area (Å²) in [6.07, 6.45) is 4.27. The fraction of sp³-hybridized carbons (Fsp3) is 0.263. The average Bonchev–Trinajstić information content (AvgIpc) is 3.15. The number of nitro benzene ring substituents is 1. The molecule has 7 nitrogen and oxygen atoms in total. The lowest BCUT2D eigenvalue weighted by Gasteiger charge is -2.12. The van der Waals surface area contributed by atoms with E-state index in [1.165, 1.54) is 24.3 Å². The molecule has 2 aromatic rings. The first-order valence-electron chi connectivity index (χ1n) is 8.49. The van der Waals surface area contributed by atoms with E-state index in [4.69, 9.17) is 0 Å². The van der Waals surface area contributed by atoms with E-state index >= 15 is 0 Å². The Hall–Kier alpha value is -3.22. The van der Waals surface area contributed by atoms with E-state index in [1.54, 1.807) is 24.3 Å². The lowest BCUT2D eigenvalue weighted by atomic mass is 10.1. The summed E-state index contributed by atoms with van der Waals surface area (Å²) in [4.78, 5) is 34.7. The van der Waals surface area contributed by atoms with Gasteiger partial charge < -0.3 is 10.6 Å². The predicted octanol–water partition coefficient (Wildman–Crippen LogP) is 3.52. The lowest BCUT2D eigenvalue weighted by molar-refractivity contribution is -0.384. The number of nitrogens with zero attached hydrogens (tertiary/aromatic N) is 1. The zero-order valence-electron chi connectivity index (χ0n) is 14.1. The van der Waals surface area contributed by atoms with Crippen LogP contribution in [0.15, 0.2) is 48.5 Å². The molecular formula is C19H19N3O4. The largest absolute Gasteiger partial charge is 0.349 e. The molecule has 26 heavy (non-hydrogen) atoms. The molecule has 0 heterocycles. The summed E-state index contributed by atoms with van der Waals surface area (Å²) >= 11 is 0. The number of carbonyl (C=O) groups excluding carboxylic acids is 2. The van der Waals surface area contributed by atoms with Gasteiger partial charge >= 0.3 is 0 Å². The van der Waals surface area contributed by atoms with Crippen LogP contribution in [0.4, 0.5) is 11.4 Å². The van der Waals surface area contributed by atoms with Crippen molar-refractivity contribution in [1.82, 2.24) is 5.32 Å². The molecular weight excluding hydrogens is 334 g/mol. The standard InChI is InChI=1S/C19H19N3O4/c23-18(13-8-10-17(11-9-13)22(25)26)21-16-7-3-4-14(12-16)19(24)20-15-5-1-2-6-15/h3-4,7-12,15H,1-2,5-6H2,(H,20,24)(H,21,23). The third-order valence-electron chi connectivity index (χ3n) is 4.41. The second kappa shape index (κ2) is 7.77. The van der Waals surface area contributed by atoms with Crippen LogP contribution < -0.4 is 10.6 Å². The molecule has 134 valence electrons. The van der Waals surface area contributed by atoms with Crippen molar-refractivity contribution in [2.45, 2.75) is 31.7 Å². The van der Waals surface area contributed by atoms with Crippen molar-refractivity contribution < 1.29 is 14.5 Å². The molecule has 2 amide bonds. The van der Waals surface area contributed by atoms with E-state index in [-0.39, 0.29) is 17.6 Å². The Morgan fingerprint density at radius 1 is 0.962 bits per heavy atom. The second-order valence-corrected chi connectivity index (χ2v) is 6.29. The predicted molar refractivity (Wildman–Crippen MR) is 97.2 cm³/mol. The average molecular weight is 353 g/mol. The molecule has 1 saturated carbocycles. The maximum Gasteiger partial charge on any atom is 0.269 e. The first kappa shape index (κ1) is 17.6. The van der Waals surface area contributed by atoms with Gasteiger partial charge in [-0.05, 0) is 43.2 Å². The monoisotopic (exact) mass is 353 g/mol. The number of hydrogen-bond acceptors (Lipinski definition) is 4. The molecule has 1 aliphatic rings. The number of nitrogens with one attached hydrogen (secondary N) is 2. The van der Waals surface area contributed by atoms with Gasteiger partial charge in [0.2, 0.25) is 0 Å². The Kier molecular flexibility index (Phi) is 5.26. The maximum absolute atomic E-state index is 12.3. The van der Waals surface area contributed by atoms with Gasteiger partial charge in [0.1, 0.15) is 0 Å². The summed E-state index contributed by atoms with van der Waals surface area (Å²) in [5.74, 6) is -0.545. The summed E-state index contributed by atoms with van der Waals surface area (Å²) in [7, 11) is 0. The van der Waals surface area contributed by atoms with Gasteiger partial charge in [0.05, 0.1) is 4.92 Å². The summed E-state index contributed by atoms with van der Waals surface area (Å²) < 4.78 is 0. The molecule has 3 rings (SSSR count). The van der Waals surface area contributed by atoms with Crippen molar-refractivity contribution in [3.63, 3.8) is 0 Å². The molecule has 0 saturated heterocycles. The molecule has 7 heteroatoms. The van der Waals surface area contributed by atoms with Crippen molar-refractivity contribution in [2.24, 2.45) is 0 Å². The van der Waals surface area contributed by atoms with Crippen LogP contribution in [0.1, 0.15) is 46.4 Å². The number of benzene rings is 2. The van der Waals surface area contributed by atoms with E-state index in [0.29, 0.717) is 16.8 Å². The van der Waals surface area contributed by atoms with E-state index in [1.807, 2.05) is 0 Å². The van der Waals surface area contributed by atoms with Crippen LogP contribution in [0.2, 0.25) is 0 Å². The normalized spacial score (nSPS) is 14.0. The smallest absolute Gasteiger partial charge is 0.269 e. The van der Waals surface area contributed by atoms with Gasteiger partial charge in [-0.2, -0.15) is 0 Å². The molecule has 1 fully saturated rings.